The van der Waals surface area contributed by atoms with Crippen LogP contribution in [0.1, 0.15) is 6.92 Å². The van der Waals surface area contributed by atoms with Gasteiger partial charge in [0, 0.05) is 11.4 Å². The summed E-state index contributed by atoms with van der Waals surface area (Å²) < 4.78 is 0. The van der Waals surface area contributed by atoms with Crippen molar-refractivity contribution in [2.45, 2.75) is 6.92 Å². The van der Waals surface area contributed by atoms with Gasteiger partial charge in [0.2, 0.25) is 0 Å². The van der Waals surface area contributed by atoms with E-state index in [0.29, 0.717) is 10.9 Å². The molecule has 0 bridgehead atoms. The molecule has 1 rings (SSSR count). The predicted octanol–water partition coefficient (Wildman–Crippen LogP) is 0.922. The van der Waals surface area contributed by atoms with Gasteiger partial charge >= 0.3 is 6.03 Å². The number of allylic oxidation sites excluding steroid dienone is 1. The second kappa shape index (κ2) is 4.15. The van der Waals surface area contributed by atoms with Crippen molar-refractivity contribution < 1.29 is 4.79 Å². The van der Waals surface area contributed by atoms with E-state index >= 15 is 0 Å². The molecule has 1 aliphatic rings. The highest BCUT2D eigenvalue weighted by Crippen LogP contribution is 2.08. The fraction of sp³-hybridized carbons (Fsp3) is 0.429. The van der Waals surface area contributed by atoms with Crippen LogP contribution in [0.4, 0.5) is 4.79 Å². The summed E-state index contributed by atoms with van der Waals surface area (Å²) in [5.41, 5.74) is 0.621. The minimum atomic E-state index is -0.268. The lowest BCUT2D eigenvalue weighted by Gasteiger charge is -2.04. The third-order valence-corrected chi connectivity index (χ3v) is 2.02. The number of carbonyl (C=O) groups excluding carboxylic acids is 1. The molecule has 0 unspecified atom stereocenters. The molecule has 12 heavy (non-hydrogen) atoms. The number of urea groups is 1. The topological polar surface area (TPSA) is 53.5 Å². The quantitative estimate of drug-likeness (QED) is 0.638. The molecule has 4 nitrogen and oxygen atoms in total. The lowest BCUT2D eigenvalue weighted by atomic mass is 10.6. The molecule has 0 aromatic carbocycles. The van der Waals surface area contributed by atoms with Crippen molar-refractivity contribution >= 4 is 23.0 Å². The normalized spacial score (nSPS) is 15.2. The third kappa shape index (κ3) is 2.96. The number of aliphatic imine (C=N–C) groups is 1. The van der Waals surface area contributed by atoms with Crippen LogP contribution in [0.3, 0.4) is 0 Å². The molecule has 66 valence electrons. The van der Waals surface area contributed by atoms with Gasteiger partial charge in [-0.2, -0.15) is 0 Å². The lowest BCUT2D eigenvalue weighted by molar-refractivity contribution is 0.248. The second-order valence-corrected chi connectivity index (χ2v) is 3.48. The van der Waals surface area contributed by atoms with Gasteiger partial charge in [0.25, 0.3) is 0 Å². The average Bonchev–Trinajstić information content (AvgIpc) is 2.37. The molecular formula is C7H11N3OS. The summed E-state index contributed by atoms with van der Waals surface area (Å²) in [7, 11) is 0. The fourth-order valence-electron chi connectivity index (χ4n) is 0.733. The van der Waals surface area contributed by atoms with E-state index in [0.717, 1.165) is 12.3 Å². The summed E-state index contributed by atoms with van der Waals surface area (Å²) in [6.07, 6.45) is 0. The molecule has 1 heterocycles. The number of carbonyl (C=O) groups is 1. The van der Waals surface area contributed by atoms with Gasteiger partial charge in [-0.1, -0.05) is 18.3 Å². The molecule has 0 fully saturated rings. The average molecular weight is 185 g/mol. The Balaban J connectivity index is 2.30. The first kappa shape index (κ1) is 9.12. The van der Waals surface area contributed by atoms with E-state index in [1.807, 2.05) is 0 Å². The van der Waals surface area contributed by atoms with Gasteiger partial charge in [-0.25, -0.2) is 4.79 Å². The smallest absolute Gasteiger partial charge is 0.312 e. The van der Waals surface area contributed by atoms with Gasteiger partial charge in [-0.3, -0.25) is 10.3 Å². The maximum atomic E-state index is 11.0. The van der Waals surface area contributed by atoms with Crippen LogP contribution < -0.4 is 10.6 Å². The molecule has 0 radical (unpaired) electrons. The van der Waals surface area contributed by atoms with E-state index in [1.165, 1.54) is 0 Å². The molecule has 0 saturated heterocycles. The van der Waals surface area contributed by atoms with Crippen molar-refractivity contribution in [3.63, 3.8) is 0 Å². The summed E-state index contributed by atoms with van der Waals surface area (Å²) in [5.74, 6) is 0.947. The van der Waals surface area contributed by atoms with Crippen LogP contribution in [0.5, 0.6) is 0 Å². The van der Waals surface area contributed by atoms with Crippen LogP contribution in [0.15, 0.2) is 17.3 Å². The Hall–Kier alpha value is -0.970. The molecule has 0 spiro atoms. The number of nitrogens with one attached hydrogen (secondary N) is 2. The van der Waals surface area contributed by atoms with Gasteiger partial charge in [-0.15, -0.1) is 0 Å². The first-order valence-electron chi connectivity index (χ1n) is 3.59. The zero-order valence-corrected chi connectivity index (χ0v) is 7.70. The monoisotopic (exact) mass is 185 g/mol. The molecule has 0 saturated carbocycles. The summed E-state index contributed by atoms with van der Waals surface area (Å²) in [6, 6.07) is -0.268. The Morgan fingerprint density at radius 2 is 2.50 bits per heavy atom. The maximum Gasteiger partial charge on any atom is 0.324 e. The van der Waals surface area contributed by atoms with Crippen LogP contribution in [0, 0.1) is 0 Å². The van der Waals surface area contributed by atoms with E-state index in [4.69, 9.17) is 0 Å². The van der Waals surface area contributed by atoms with Crippen molar-refractivity contribution in [1.82, 2.24) is 10.6 Å². The standard InChI is InChI=1S/C7H11N3OS/c1-5(2)9-6(11)10-7-8-3-4-12-7/h1,3-4H2,2H3,(H2,8,9,10,11). The highest BCUT2D eigenvalue weighted by atomic mass is 32.2. The Labute approximate surface area is 75.5 Å². The predicted molar refractivity (Wildman–Crippen MR) is 51.2 cm³/mol. The van der Waals surface area contributed by atoms with Crippen LogP contribution in [0.25, 0.3) is 0 Å². The minimum absolute atomic E-state index is 0.268. The van der Waals surface area contributed by atoms with Crippen molar-refractivity contribution in [1.29, 1.82) is 0 Å². The Morgan fingerprint density at radius 1 is 1.75 bits per heavy atom. The van der Waals surface area contributed by atoms with Gasteiger partial charge < -0.3 is 5.32 Å². The van der Waals surface area contributed by atoms with Crippen LogP contribution in [-0.2, 0) is 0 Å². The minimum Gasteiger partial charge on any atom is -0.312 e. The number of hydrogen-bond acceptors (Lipinski definition) is 3. The summed E-state index contributed by atoms with van der Waals surface area (Å²) in [5, 5.41) is 5.83. The fourth-order valence-corrected chi connectivity index (χ4v) is 1.46. The first-order chi connectivity index (χ1) is 5.68. The molecule has 0 atom stereocenters. The summed E-state index contributed by atoms with van der Waals surface area (Å²) >= 11 is 1.55. The van der Waals surface area contributed by atoms with Crippen LogP contribution in [-0.4, -0.2) is 23.5 Å². The van der Waals surface area contributed by atoms with Gasteiger partial charge in [0.15, 0.2) is 5.17 Å². The molecule has 2 amide bonds. The number of amides is 2. The third-order valence-electron chi connectivity index (χ3n) is 1.13. The Kier molecular flexibility index (Phi) is 3.16. The SMILES string of the molecule is C=C(C)NC(=O)NC1=NCCS1. The second-order valence-electron chi connectivity index (χ2n) is 2.39. The Bertz CT molecular complexity index is 237. The van der Waals surface area contributed by atoms with E-state index in [9.17, 15) is 4.79 Å². The highest BCUT2D eigenvalue weighted by molar-refractivity contribution is 8.14. The van der Waals surface area contributed by atoms with E-state index in [-0.39, 0.29) is 6.03 Å². The number of hydrogen-bond donors (Lipinski definition) is 2. The van der Waals surface area contributed by atoms with Gasteiger partial charge in [0.1, 0.15) is 0 Å². The highest BCUT2D eigenvalue weighted by Gasteiger charge is 2.09. The Morgan fingerprint density at radius 3 is 3.00 bits per heavy atom. The summed E-state index contributed by atoms with van der Waals surface area (Å²) in [6.45, 7) is 6.06. The molecule has 2 N–H and O–H groups in total. The number of rotatable bonds is 1. The molecule has 1 aliphatic heterocycles. The number of amidine groups is 1. The molecule has 0 aliphatic carbocycles. The van der Waals surface area contributed by atoms with Crippen molar-refractivity contribution in [2.75, 3.05) is 12.3 Å². The zero-order chi connectivity index (χ0) is 8.97. The molecule has 0 aromatic heterocycles. The zero-order valence-electron chi connectivity index (χ0n) is 6.89. The van der Waals surface area contributed by atoms with E-state index in [2.05, 4.69) is 22.2 Å². The van der Waals surface area contributed by atoms with E-state index in [1.54, 1.807) is 18.7 Å². The number of thioether (sulfide) groups is 1. The van der Waals surface area contributed by atoms with Crippen LogP contribution in [0.2, 0.25) is 0 Å². The van der Waals surface area contributed by atoms with E-state index < -0.39 is 0 Å². The molecular weight excluding hydrogens is 174 g/mol. The summed E-state index contributed by atoms with van der Waals surface area (Å²) in [4.78, 5) is 15.1. The van der Waals surface area contributed by atoms with Crippen molar-refractivity contribution in [3.8, 4) is 0 Å². The van der Waals surface area contributed by atoms with Crippen LogP contribution >= 0.6 is 11.8 Å². The van der Waals surface area contributed by atoms with Crippen molar-refractivity contribution in [2.24, 2.45) is 4.99 Å². The van der Waals surface area contributed by atoms with Crippen molar-refractivity contribution in [3.05, 3.63) is 12.3 Å². The number of nitrogens with zero attached hydrogens (tertiary/aromatic N) is 1. The lowest BCUT2D eigenvalue weighted by Crippen LogP contribution is -2.36. The first-order valence-corrected chi connectivity index (χ1v) is 4.58. The van der Waals surface area contributed by atoms with Gasteiger partial charge in [-0.05, 0) is 6.92 Å². The van der Waals surface area contributed by atoms with Gasteiger partial charge in [0.05, 0.1) is 6.54 Å². The molecule has 0 aromatic rings. The maximum absolute atomic E-state index is 11.0. The molecule has 5 heteroatoms. The largest absolute Gasteiger partial charge is 0.324 e.